The number of benzene rings is 1. The van der Waals surface area contributed by atoms with Gasteiger partial charge < -0.3 is 10.5 Å². The molecular formula is C14H15F2N3O2. The van der Waals surface area contributed by atoms with Gasteiger partial charge in [0.2, 0.25) is 0 Å². The SMILES string of the molecule is CCc1cc(COC(=O)c2cc(N)c(F)cc2F)n(C)n1. The Hall–Kier alpha value is -2.44. The maximum Gasteiger partial charge on any atom is 0.341 e. The number of hydrogen-bond acceptors (Lipinski definition) is 4. The predicted octanol–water partition coefficient (Wildman–Crippen LogP) is 2.20. The van der Waals surface area contributed by atoms with Gasteiger partial charge in [0.15, 0.2) is 0 Å². The summed E-state index contributed by atoms with van der Waals surface area (Å²) >= 11 is 0. The number of halogens is 2. The fourth-order valence-corrected chi connectivity index (χ4v) is 1.82. The fourth-order valence-electron chi connectivity index (χ4n) is 1.82. The molecular weight excluding hydrogens is 280 g/mol. The second-order valence-electron chi connectivity index (χ2n) is 4.53. The molecule has 0 spiro atoms. The van der Waals surface area contributed by atoms with Gasteiger partial charge in [0.1, 0.15) is 18.2 Å². The molecule has 0 radical (unpaired) electrons. The highest BCUT2D eigenvalue weighted by molar-refractivity contribution is 5.90. The van der Waals surface area contributed by atoms with Crippen LogP contribution in [0.4, 0.5) is 14.5 Å². The van der Waals surface area contributed by atoms with E-state index in [-0.39, 0.29) is 12.3 Å². The number of nitrogen functional groups attached to an aromatic ring is 1. The van der Waals surface area contributed by atoms with Gasteiger partial charge in [-0.1, -0.05) is 6.92 Å². The van der Waals surface area contributed by atoms with Crippen LogP contribution in [-0.2, 0) is 24.8 Å². The van der Waals surface area contributed by atoms with Crippen molar-refractivity contribution in [2.45, 2.75) is 20.0 Å². The Morgan fingerprint density at radius 3 is 2.67 bits per heavy atom. The first kappa shape index (κ1) is 15.0. The van der Waals surface area contributed by atoms with Crippen LogP contribution in [0.3, 0.4) is 0 Å². The van der Waals surface area contributed by atoms with Crippen LogP contribution in [0.1, 0.15) is 28.7 Å². The van der Waals surface area contributed by atoms with Crippen molar-refractivity contribution in [2.75, 3.05) is 5.73 Å². The minimum atomic E-state index is -1.01. The number of nitrogens with zero attached hydrogens (tertiary/aromatic N) is 2. The minimum Gasteiger partial charge on any atom is -0.456 e. The van der Waals surface area contributed by atoms with E-state index in [1.165, 1.54) is 0 Å². The van der Waals surface area contributed by atoms with E-state index in [4.69, 9.17) is 10.5 Å². The lowest BCUT2D eigenvalue weighted by molar-refractivity contribution is 0.0458. The normalized spacial score (nSPS) is 10.7. The van der Waals surface area contributed by atoms with E-state index >= 15 is 0 Å². The lowest BCUT2D eigenvalue weighted by atomic mass is 10.2. The number of ether oxygens (including phenoxy) is 1. The quantitative estimate of drug-likeness (QED) is 0.693. The highest BCUT2D eigenvalue weighted by Gasteiger charge is 2.17. The molecule has 2 N–H and O–H groups in total. The molecule has 0 aliphatic heterocycles. The van der Waals surface area contributed by atoms with E-state index < -0.39 is 23.2 Å². The molecule has 0 aliphatic carbocycles. The van der Waals surface area contributed by atoms with Crippen molar-refractivity contribution in [3.05, 3.63) is 46.8 Å². The summed E-state index contributed by atoms with van der Waals surface area (Å²) in [7, 11) is 1.72. The number of hydrogen-bond donors (Lipinski definition) is 1. The summed E-state index contributed by atoms with van der Waals surface area (Å²) in [6, 6.07) is 3.28. The van der Waals surface area contributed by atoms with Gasteiger partial charge in [0.05, 0.1) is 22.6 Å². The Balaban J connectivity index is 2.11. The van der Waals surface area contributed by atoms with Crippen molar-refractivity contribution >= 4 is 11.7 Å². The van der Waals surface area contributed by atoms with Gasteiger partial charge in [-0.2, -0.15) is 5.10 Å². The Bertz CT molecular complexity index is 683. The molecule has 112 valence electrons. The monoisotopic (exact) mass is 295 g/mol. The van der Waals surface area contributed by atoms with Crippen LogP contribution in [0.25, 0.3) is 0 Å². The Kier molecular flexibility index (Phi) is 4.21. The molecule has 0 saturated heterocycles. The first-order valence-electron chi connectivity index (χ1n) is 6.35. The number of aromatic nitrogens is 2. The molecule has 0 saturated carbocycles. The summed E-state index contributed by atoms with van der Waals surface area (Å²) in [5.41, 5.74) is 6.15. The molecule has 1 aromatic carbocycles. The van der Waals surface area contributed by atoms with Crippen molar-refractivity contribution in [1.82, 2.24) is 9.78 Å². The molecule has 21 heavy (non-hydrogen) atoms. The molecule has 0 bridgehead atoms. The van der Waals surface area contributed by atoms with E-state index in [2.05, 4.69) is 5.10 Å². The van der Waals surface area contributed by atoms with E-state index in [0.717, 1.165) is 18.2 Å². The Morgan fingerprint density at radius 2 is 2.05 bits per heavy atom. The molecule has 0 aliphatic rings. The third kappa shape index (κ3) is 3.18. The van der Waals surface area contributed by atoms with Crippen LogP contribution >= 0.6 is 0 Å². The predicted molar refractivity (Wildman–Crippen MR) is 72.5 cm³/mol. The van der Waals surface area contributed by atoms with Gasteiger partial charge in [-0.05, 0) is 18.6 Å². The van der Waals surface area contributed by atoms with E-state index in [1.54, 1.807) is 17.8 Å². The van der Waals surface area contributed by atoms with Gasteiger partial charge in [-0.15, -0.1) is 0 Å². The molecule has 0 amide bonds. The van der Waals surface area contributed by atoms with Crippen molar-refractivity contribution in [3.8, 4) is 0 Å². The van der Waals surface area contributed by atoms with Gasteiger partial charge in [-0.25, -0.2) is 13.6 Å². The summed E-state index contributed by atoms with van der Waals surface area (Å²) in [6.07, 6.45) is 0.755. The van der Waals surface area contributed by atoms with Crippen LogP contribution in [0.15, 0.2) is 18.2 Å². The lowest BCUT2D eigenvalue weighted by Crippen LogP contribution is -2.11. The summed E-state index contributed by atoms with van der Waals surface area (Å²) in [6.45, 7) is 1.90. The maximum atomic E-state index is 13.5. The molecule has 1 heterocycles. The number of rotatable bonds is 4. The first-order chi connectivity index (χ1) is 9.92. The molecule has 0 atom stereocenters. The molecule has 2 aromatic rings. The Labute approximate surface area is 120 Å². The van der Waals surface area contributed by atoms with Crippen molar-refractivity contribution in [1.29, 1.82) is 0 Å². The first-order valence-corrected chi connectivity index (χ1v) is 6.35. The zero-order valence-corrected chi connectivity index (χ0v) is 11.7. The molecule has 0 unspecified atom stereocenters. The summed E-state index contributed by atoms with van der Waals surface area (Å²) < 4.78 is 33.2. The van der Waals surface area contributed by atoms with Crippen molar-refractivity contribution in [3.63, 3.8) is 0 Å². The van der Waals surface area contributed by atoms with Crippen LogP contribution in [-0.4, -0.2) is 15.7 Å². The van der Waals surface area contributed by atoms with Crippen molar-refractivity contribution < 1.29 is 18.3 Å². The van der Waals surface area contributed by atoms with E-state index in [0.29, 0.717) is 11.8 Å². The van der Waals surface area contributed by atoms with Gasteiger partial charge in [0, 0.05) is 13.1 Å². The minimum absolute atomic E-state index is 0.0565. The molecule has 2 rings (SSSR count). The Morgan fingerprint density at radius 1 is 1.33 bits per heavy atom. The zero-order chi connectivity index (χ0) is 15.6. The number of anilines is 1. The molecule has 1 aromatic heterocycles. The number of esters is 1. The van der Waals surface area contributed by atoms with Crippen LogP contribution in [0, 0.1) is 11.6 Å². The smallest absolute Gasteiger partial charge is 0.341 e. The summed E-state index contributed by atoms with van der Waals surface area (Å²) in [5, 5.41) is 4.20. The van der Waals surface area contributed by atoms with Crippen LogP contribution in [0.2, 0.25) is 0 Å². The average molecular weight is 295 g/mol. The standard InChI is InChI=1S/C14H15F2N3O2/c1-3-8-4-9(19(2)18-8)7-21-14(20)10-5-13(17)12(16)6-11(10)15/h4-6H,3,7,17H2,1-2H3. The van der Waals surface area contributed by atoms with Crippen molar-refractivity contribution in [2.24, 2.45) is 7.05 Å². The third-order valence-corrected chi connectivity index (χ3v) is 3.05. The summed E-state index contributed by atoms with van der Waals surface area (Å²) in [5.74, 6) is -2.83. The molecule has 0 fully saturated rings. The number of carbonyl (C=O) groups is 1. The molecule has 5 nitrogen and oxygen atoms in total. The van der Waals surface area contributed by atoms with Crippen LogP contribution in [0.5, 0.6) is 0 Å². The van der Waals surface area contributed by atoms with E-state index in [9.17, 15) is 13.6 Å². The summed E-state index contributed by atoms with van der Waals surface area (Å²) in [4.78, 5) is 11.8. The highest BCUT2D eigenvalue weighted by Crippen LogP contribution is 2.18. The lowest BCUT2D eigenvalue weighted by Gasteiger charge is -2.07. The second-order valence-corrected chi connectivity index (χ2v) is 4.53. The zero-order valence-electron chi connectivity index (χ0n) is 11.7. The van der Waals surface area contributed by atoms with E-state index in [1.807, 2.05) is 6.92 Å². The highest BCUT2D eigenvalue weighted by atomic mass is 19.1. The number of aryl methyl sites for hydroxylation is 2. The largest absolute Gasteiger partial charge is 0.456 e. The average Bonchev–Trinajstić information content (AvgIpc) is 2.80. The number of nitrogens with two attached hydrogens (primary N) is 1. The fraction of sp³-hybridized carbons (Fsp3) is 0.286. The van der Waals surface area contributed by atoms with Gasteiger partial charge >= 0.3 is 5.97 Å². The third-order valence-electron chi connectivity index (χ3n) is 3.05. The maximum absolute atomic E-state index is 13.5. The topological polar surface area (TPSA) is 70.1 Å². The van der Waals surface area contributed by atoms with Gasteiger partial charge in [-0.3, -0.25) is 4.68 Å². The number of carbonyl (C=O) groups excluding carboxylic acids is 1. The second kappa shape index (κ2) is 5.90. The van der Waals surface area contributed by atoms with Crippen LogP contribution < -0.4 is 5.73 Å². The van der Waals surface area contributed by atoms with Gasteiger partial charge in [0.25, 0.3) is 0 Å². The molecule has 7 heteroatoms.